The van der Waals surface area contributed by atoms with Crippen LogP contribution in [0.2, 0.25) is 0 Å². The molecule has 25 heavy (non-hydrogen) atoms. The van der Waals surface area contributed by atoms with E-state index < -0.39 is 0 Å². The highest BCUT2D eigenvalue weighted by Crippen LogP contribution is 2.27. The molecule has 0 aliphatic heterocycles. The molecule has 0 N–H and O–H groups in total. The molecular weight excluding hydrogens is 312 g/mol. The van der Waals surface area contributed by atoms with Gasteiger partial charge in [0.05, 0.1) is 0 Å². The second-order valence-corrected chi connectivity index (χ2v) is 8.11. The number of carbonyl (C=O) groups excluding carboxylic acids is 1. The van der Waals surface area contributed by atoms with Crippen molar-refractivity contribution in [1.82, 2.24) is 10.1 Å². The van der Waals surface area contributed by atoms with Gasteiger partial charge in [0, 0.05) is 24.7 Å². The Labute approximate surface area is 150 Å². The van der Waals surface area contributed by atoms with Gasteiger partial charge in [-0.15, -0.1) is 0 Å². The van der Waals surface area contributed by atoms with Gasteiger partial charge in [0.1, 0.15) is 0 Å². The lowest BCUT2D eigenvalue weighted by molar-refractivity contribution is 0.0686. The molecule has 4 heteroatoms. The highest BCUT2D eigenvalue weighted by molar-refractivity contribution is 5.93. The molecule has 1 saturated carbocycles. The molecule has 3 rings (SSSR count). The predicted molar refractivity (Wildman–Crippen MR) is 99.6 cm³/mol. The average Bonchev–Trinajstić information content (AvgIpc) is 3.10. The van der Waals surface area contributed by atoms with E-state index in [1.165, 1.54) is 24.8 Å². The van der Waals surface area contributed by atoms with Crippen molar-refractivity contribution in [1.29, 1.82) is 0 Å². The predicted octanol–water partition coefficient (Wildman–Crippen LogP) is 5.04. The Balaban J connectivity index is 1.74. The molecule has 2 aromatic rings. The van der Waals surface area contributed by atoms with Crippen LogP contribution in [0.15, 0.2) is 34.9 Å². The fourth-order valence-electron chi connectivity index (χ4n) is 3.46. The summed E-state index contributed by atoms with van der Waals surface area (Å²) in [4.78, 5) is 14.5. The first kappa shape index (κ1) is 17.7. The van der Waals surface area contributed by atoms with Gasteiger partial charge < -0.3 is 9.42 Å². The summed E-state index contributed by atoms with van der Waals surface area (Å²) in [6.45, 7) is 6.57. The van der Waals surface area contributed by atoms with Crippen molar-refractivity contribution >= 4 is 5.91 Å². The number of amides is 1. The number of nitrogens with zero attached hydrogens (tertiary/aromatic N) is 2. The second-order valence-electron chi connectivity index (χ2n) is 8.11. The SMILES string of the molecule is CN(C(=O)c1cc(-c2ccc(C(C)(C)C)cc2)on1)C1CCCCC1. The molecule has 1 amide bonds. The van der Waals surface area contributed by atoms with Gasteiger partial charge in [0.2, 0.25) is 0 Å². The molecule has 1 aliphatic rings. The molecular formula is C21H28N2O2. The fraction of sp³-hybridized carbons (Fsp3) is 0.524. The summed E-state index contributed by atoms with van der Waals surface area (Å²) in [5, 5.41) is 4.01. The van der Waals surface area contributed by atoms with E-state index in [-0.39, 0.29) is 11.3 Å². The van der Waals surface area contributed by atoms with Crippen LogP contribution >= 0.6 is 0 Å². The molecule has 1 heterocycles. The molecule has 0 spiro atoms. The molecule has 134 valence electrons. The summed E-state index contributed by atoms with van der Waals surface area (Å²) in [7, 11) is 1.88. The largest absolute Gasteiger partial charge is 0.355 e. The number of aromatic nitrogens is 1. The van der Waals surface area contributed by atoms with E-state index in [0.29, 0.717) is 17.5 Å². The molecule has 1 aromatic carbocycles. The van der Waals surface area contributed by atoms with Crippen LogP contribution in [0, 0.1) is 0 Å². The molecule has 0 bridgehead atoms. The maximum atomic E-state index is 12.7. The van der Waals surface area contributed by atoms with Gasteiger partial charge in [-0.3, -0.25) is 4.79 Å². The summed E-state index contributed by atoms with van der Waals surface area (Å²) in [5.74, 6) is 0.592. The van der Waals surface area contributed by atoms with Crippen LogP contribution < -0.4 is 0 Å². The maximum Gasteiger partial charge on any atom is 0.276 e. The summed E-state index contributed by atoms with van der Waals surface area (Å²) in [5.41, 5.74) is 2.72. The molecule has 1 fully saturated rings. The van der Waals surface area contributed by atoms with Crippen LogP contribution in [-0.4, -0.2) is 29.1 Å². The Morgan fingerprint density at radius 1 is 1.12 bits per heavy atom. The smallest absolute Gasteiger partial charge is 0.276 e. The lowest BCUT2D eigenvalue weighted by atomic mass is 9.86. The van der Waals surface area contributed by atoms with Crippen molar-refractivity contribution in [3.05, 3.63) is 41.6 Å². The third kappa shape index (κ3) is 3.94. The molecule has 4 nitrogen and oxygen atoms in total. The first-order valence-electron chi connectivity index (χ1n) is 9.21. The van der Waals surface area contributed by atoms with E-state index in [9.17, 15) is 4.79 Å². The van der Waals surface area contributed by atoms with E-state index in [1.54, 1.807) is 6.07 Å². The van der Waals surface area contributed by atoms with Crippen LogP contribution in [0.1, 0.15) is 68.9 Å². The quantitative estimate of drug-likeness (QED) is 0.786. The zero-order chi connectivity index (χ0) is 18.0. The first-order valence-corrected chi connectivity index (χ1v) is 9.21. The van der Waals surface area contributed by atoms with Crippen molar-refractivity contribution in [2.24, 2.45) is 0 Å². The van der Waals surface area contributed by atoms with Gasteiger partial charge in [-0.1, -0.05) is 69.5 Å². The van der Waals surface area contributed by atoms with Gasteiger partial charge in [-0.05, 0) is 23.8 Å². The molecule has 0 atom stereocenters. The Kier molecular flexibility index (Phi) is 4.98. The Morgan fingerprint density at radius 2 is 1.76 bits per heavy atom. The first-order chi connectivity index (χ1) is 11.9. The minimum atomic E-state index is -0.0480. The zero-order valence-corrected chi connectivity index (χ0v) is 15.7. The summed E-state index contributed by atoms with van der Waals surface area (Å²) in [6.07, 6.45) is 5.85. The van der Waals surface area contributed by atoms with Crippen LogP contribution in [0.25, 0.3) is 11.3 Å². The van der Waals surface area contributed by atoms with E-state index >= 15 is 0 Å². The molecule has 0 radical (unpaired) electrons. The molecule has 1 aliphatic carbocycles. The van der Waals surface area contributed by atoms with Gasteiger partial charge in [-0.2, -0.15) is 0 Å². The molecule has 0 saturated heterocycles. The lowest BCUT2D eigenvalue weighted by Crippen LogP contribution is -2.38. The van der Waals surface area contributed by atoms with Gasteiger partial charge in [0.15, 0.2) is 11.5 Å². The maximum absolute atomic E-state index is 12.7. The third-order valence-corrected chi connectivity index (χ3v) is 5.21. The van der Waals surface area contributed by atoms with Gasteiger partial charge in [-0.25, -0.2) is 0 Å². The highest BCUT2D eigenvalue weighted by atomic mass is 16.5. The fourth-order valence-corrected chi connectivity index (χ4v) is 3.46. The van der Waals surface area contributed by atoms with Crippen molar-refractivity contribution < 1.29 is 9.32 Å². The van der Waals surface area contributed by atoms with Gasteiger partial charge in [0.25, 0.3) is 5.91 Å². The zero-order valence-electron chi connectivity index (χ0n) is 15.7. The van der Waals surface area contributed by atoms with Crippen molar-refractivity contribution in [3.8, 4) is 11.3 Å². The molecule has 1 aromatic heterocycles. The van der Waals surface area contributed by atoms with Crippen LogP contribution in [0.4, 0.5) is 0 Å². The lowest BCUT2D eigenvalue weighted by Gasteiger charge is -2.30. The van der Waals surface area contributed by atoms with Gasteiger partial charge >= 0.3 is 0 Å². The number of rotatable bonds is 3. The third-order valence-electron chi connectivity index (χ3n) is 5.21. The average molecular weight is 340 g/mol. The topological polar surface area (TPSA) is 46.3 Å². The van der Waals surface area contributed by atoms with Crippen molar-refractivity contribution in [2.75, 3.05) is 7.05 Å². The minimum Gasteiger partial charge on any atom is -0.355 e. The minimum absolute atomic E-state index is 0.0480. The normalized spacial score (nSPS) is 16.0. The summed E-state index contributed by atoms with van der Waals surface area (Å²) < 4.78 is 5.44. The monoisotopic (exact) mass is 340 g/mol. The van der Waals surface area contributed by atoms with E-state index in [4.69, 9.17) is 4.52 Å². The number of carbonyl (C=O) groups is 1. The van der Waals surface area contributed by atoms with Crippen molar-refractivity contribution in [2.45, 2.75) is 64.3 Å². The van der Waals surface area contributed by atoms with E-state index in [1.807, 2.05) is 24.1 Å². The van der Waals surface area contributed by atoms with E-state index in [0.717, 1.165) is 18.4 Å². The Morgan fingerprint density at radius 3 is 2.36 bits per heavy atom. The summed E-state index contributed by atoms with van der Waals surface area (Å²) in [6, 6.07) is 10.3. The number of benzene rings is 1. The van der Waals surface area contributed by atoms with Crippen LogP contribution in [0.3, 0.4) is 0 Å². The van der Waals surface area contributed by atoms with E-state index in [2.05, 4.69) is 38.1 Å². The highest BCUT2D eigenvalue weighted by Gasteiger charge is 2.25. The Hall–Kier alpha value is -2.10. The van der Waals surface area contributed by atoms with Crippen LogP contribution in [0.5, 0.6) is 0 Å². The number of hydrogen-bond acceptors (Lipinski definition) is 3. The second kappa shape index (κ2) is 7.03. The summed E-state index contributed by atoms with van der Waals surface area (Å²) >= 11 is 0. The van der Waals surface area contributed by atoms with Crippen molar-refractivity contribution in [3.63, 3.8) is 0 Å². The standard InChI is InChI=1S/C21H28N2O2/c1-21(2,3)16-12-10-15(11-13-16)19-14-18(22-25-19)20(24)23(4)17-8-6-5-7-9-17/h10-14,17H,5-9H2,1-4H3. The number of hydrogen-bond donors (Lipinski definition) is 0. The molecule has 0 unspecified atom stereocenters. The van der Waals surface area contributed by atoms with Crippen LogP contribution in [-0.2, 0) is 5.41 Å². The Bertz CT molecular complexity index is 719.